The summed E-state index contributed by atoms with van der Waals surface area (Å²) in [6.45, 7) is 3.06. The molecule has 1 N–H and O–H groups in total. The van der Waals surface area contributed by atoms with E-state index in [4.69, 9.17) is 5.11 Å². The Morgan fingerprint density at radius 3 is 2.67 bits per heavy atom. The maximum atomic E-state index is 11.8. The van der Waals surface area contributed by atoms with Crippen molar-refractivity contribution in [3.63, 3.8) is 0 Å². The number of anilines is 1. The Kier molecular flexibility index (Phi) is 4.46. The van der Waals surface area contributed by atoms with E-state index in [1.165, 1.54) is 0 Å². The van der Waals surface area contributed by atoms with Gasteiger partial charge in [0.2, 0.25) is 5.91 Å². The van der Waals surface area contributed by atoms with Crippen LogP contribution in [0.1, 0.15) is 12.8 Å². The Bertz CT molecular complexity index is 377. The minimum Gasteiger partial charge on any atom is -0.396 e. The molecule has 6 heteroatoms. The van der Waals surface area contributed by atoms with Crippen LogP contribution < -0.4 is 4.90 Å². The largest absolute Gasteiger partial charge is 0.396 e. The first-order valence-corrected chi connectivity index (χ1v) is 6.21. The molecular weight excluding hydrogens is 232 g/mol. The number of aliphatic hydroxyl groups is 1. The first kappa shape index (κ1) is 12.8. The second-order valence-electron chi connectivity index (χ2n) is 4.26. The monoisotopic (exact) mass is 250 g/mol. The van der Waals surface area contributed by atoms with Crippen molar-refractivity contribution >= 4 is 11.7 Å². The fourth-order valence-corrected chi connectivity index (χ4v) is 2.03. The van der Waals surface area contributed by atoms with Crippen LogP contribution in [-0.4, -0.2) is 58.7 Å². The normalized spacial score (nSPS) is 15.8. The zero-order valence-electron chi connectivity index (χ0n) is 10.3. The predicted molar refractivity (Wildman–Crippen MR) is 67.1 cm³/mol. The summed E-state index contributed by atoms with van der Waals surface area (Å²) in [4.78, 5) is 24.0. The van der Waals surface area contributed by atoms with Crippen molar-refractivity contribution in [1.29, 1.82) is 0 Å². The van der Waals surface area contributed by atoms with Crippen molar-refractivity contribution in [1.82, 2.24) is 14.9 Å². The molecule has 2 rings (SSSR count). The molecule has 1 aliphatic rings. The number of hydrogen-bond donors (Lipinski definition) is 1. The van der Waals surface area contributed by atoms with Crippen LogP contribution in [0.15, 0.2) is 18.6 Å². The lowest BCUT2D eigenvalue weighted by molar-refractivity contribution is -0.131. The molecule has 1 amide bonds. The van der Waals surface area contributed by atoms with Gasteiger partial charge in [0, 0.05) is 51.6 Å². The minimum absolute atomic E-state index is 0.0747. The average molecular weight is 250 g/mol. The highest BCUT2D eigenvalue weighted by atomic mass is 16.3. The van der Waals surface area contributed by atoms with Crippen molar-refractivity contribution in [2.45, 2.75) is 12.8 Å². The van der Waals surface area contributed by atoms with E-state index in [0.29, 0.717) is 25.9 Å². The molecule has 0 saturated carbocycles. The maximum Gasteiger partial charge on any atom is 0.222 e. The molecule has 2 heterocycles. The van der Waals surface area contributed by atoms with E-state index < -0.39 is 0 Å². The summed E-state index contributed by atoms with van der Waals surface area (Å²) in [6, 6.07) is 0. The number of rotatable bonds is 4. The van der Waals surface area contributed by atoms with Crippen LogP contribution in [0.25, 0.3) is 0 Å². The number of piperazine rings is 1. The first-order valence-electron chi connectivity index (χ1n) is 6.21. The van der Waals surface area contributed by atoms with Gasteiger partial charge in [0.05, 0.1) is 6.20 Å². The van der Waals surface area contributed by atoms with Gasteiger partial charge in [-0.3, -0.25) is 9.78 Å². The van der Waals surface area contributed by atoms with Crippen LogP contribution >= 0.6 is 0 Å². The molecule has 0 aromatic carbocycles. The molecule has 0 unspecified atom stereocenters. The third-order valence-electron chi connectivity index (χ3n) is 3.05. The maximum absolute atomic E-state index is 11.8. The quantitative estimate of drug-likeness (QED) is 0.808. The fraction of sp³-hybridized carbons (Fsp3) is 0.583. The second kappa shape index (κ2) is 6.30. The standard InChI is InChI=1S/C12H18N4O2/c17-9-1-2-12(18)16-7-5-15(6-8-16)11-10-13-3-4-14-11/h3-4,10,17H,1-2,5-9H2. The third-order valence-corrected chi connectivity index (χ3v) is 3.05. The number of aliphatic hydroxyl groups excluding tert-OH is 1. The van der Waals surface area contributed by atoms with E-state index in [1.54, 1.807) is 18.6 Å². The molecule has 0 atom stereocenters. The third kappa shape index (κ3) is 3.16. The predicted octanol–water partition coefficient (Wildman–Crippen LogP) is -0.102. The number of aromatic nitrogens is 2. The van der Waals surface area contributed by atoms with Crippen LogP contribution in [0.5, 0.6) is 0 Å². The smallest absolute Gasteiger partial charge is 0.222 e. The van der Waals surface area contributed by atoms with Crippen LogP contribution in [0.3, 0.4) is 0 Å². The summed E-state index contributed by atoms with van der Waals surface area (Å²) >= 11 is 0. The van der Waals surface area contributed by atoms with Gasteiger partial charge in [-0.05, 0) is 6.42 Å². The molecule has 1 fully saturated rings. The Balaban J connectivity index is 1.83. The Hall–Kier alpha value is -1.69. The highest BCUT2D eigenvalue weighted by Crippen LogP contribution is 2.12. The topological polar surface area (TPSA) is 69.6 Å². The van der Waals surface area contributed by atoms with Gasteiger partial charge in [-0.25, -0.2) is 4.98 Å². The van der Waals surface area contributed by atoms with Crippen LogP contribution in [0.2, 0.25) is 0 Å². The second-order valence-corrected chi connectivity index (χ2v) is 4.26. The summed E-state index contributed by atoms with van der Waals surface area (Å²) < 4.78 is 0. The van der Waals surface area contributed by atoms with Crippen LogP contribution in [-0.2, 0) is 4.79 Å². The summed E-state index contributed by atoms with van der Waals surface area (Å²) in [7, 11) is 0. The average Bonchev–Trinajstić information content (AvgIpc) is 2.46. The molecule has 1 aromatic heterocycles. The SMILES string of the molecule is O=C(CCCO)N1CCN(c2cnccn2)CC1. The van der Waals surface area contributed by atoms with Gasteiger partial charge in [-0.1, -0.05) is 0 Å². The minimum atomic E-state index is 0.0747. The molecule has 98 valence electrons. The van der Waals surface area contributed by atoms with Gasteiger partial charge in [-0.15, -0.1) is 0 Å². The van der Waals surface area contributed by atoms with Crippen molar-refractivity contribution in [3.05, 3.63) is 18.6 Å². The molecule has 1 saturated heterocycles. The Labute approximate surface area is 106 Å². The van der Waals surface area contributed by atoms with E-state index in [0.717, 1.165) is 18.9 Å². The number of amides is 1. The van der Waals surface area contributed by atoms with E-state index in [9.17, 15) is 4.79 Å². The molecule has 0 aliphatic carbocycles. The zero-order chi connectivity index (χ0) is 12.8. The fourth-order valence-electron chi connectivity index (χ4n) is 2.03. The van der Waals surface area contributed by atoms with Gasteiger partial charge >= 0.3 is 0 Å². The summed E-state index contributed by atoms with van der Waals surface area (Å²) in [5.74, 6) is 0.989. The molecular formula is C12H18N4O2. The Morgan fingerprint density at radius 1 is 1.28 bits per heavy atom. The van der Waals surface area contributed by atoms with Gasteiger partial charge in [0.15, 0.2) is 0 Å². The van der Waals surface area contributed by atoms with Crippen molar-refractivity contribution < 1.29 is 9.90 Å². The number of carbonyl (C=O) groups is 1. The van der Waals surface area contributed by atoms with Crippen LogP contribution in [0.4, 0.5) is 5.82 Å². The van der Waals surface area contributed by atoms with Crippen molar-refractivity contribution in [2.75, 3.05) is 37.7 Å². The Morgan fingerprint density at radius 2 is 2.06 bits per heavy atom. The molecule has 0 bridgehead atoms. The molecule has 1 aromatic rings. The molecule has 0 radical (unpaired) electrons. The number of nitrogens with zero attached hydrogens (tertiary/aromatic N) is 4. The van der Waals surface area contributed by atoms with E-state index >= 15 is 0 Å². The summed E-state index contributed by atoms with van der Waals surface area (Å²) in [5.41, 5.74) is 0. The van der Waals surface area contributed by atoms with E-state index in [2.05, 4.69) is 14.9 Å². The molecule has 6 nitrogen and oxygen atoms in total. The van der Waals surface area contributed by atoms with E-state index in [-0.39, 0.29) is 12.5 Å². The van der Waals surface area contributed by atoms with Crippen LogP contribution in [0, 0.1) is 0 Å². The van der Waals surface area contributed by atoms with Gasteiger partial charge < -0.3 is 14.9 Å². The van der Waals surface area contributed by atoms with Gasteiger partial charge in [0.25, 0.3) is 0 Å². The molecule has 18 heavy (non-hydrogen) atoms. The first-order chi connectivity index (χ1) is 8.81. The molecule has 1 aliphatic heterocycles. The summed E-state index contributed by atoms with van der Waals surface area (Å²) in [5, 5.41) is 8.71. The number of hydrogen-bond acceptors (Lipinski definition) is 5. The van der Waals surface area contributed by atoms with E-state index in [1.807, 2.05) is 4.90 Å². The molecule has 0 spiro atoms. The lowest BCUT2D eigenvalue weighted by Crippen LogP contribution is -2.49. The number of carbonyl (C=O) groups excluding carboxylic acids is 1. The van der Waals surface area contributed by atoms with Gasteiger partial charge in [-0.2, -0.15) is 0 Å². The zero-order valence-corrected chi connectivity index (χ0v) is 10.3. The van der Waals surface area contributed by atoms with Crippen molar-refractivity contribution in [3.8, 4) is 0 Å². The summed E-state index contributed by atoms with van der Waals surface area (Å²) in [6.07, 6.45) is 6.04. The highest BCUT2D eigenvalue weighted by Gasteiger charge is 2.21. The highest BCUT2D eigenvalue weighted by molar-refractivity contribution is 5.76. The lowest BCUT2D eigenvalue weighted by atomic mass is 10.2. The lowest BCUT2D eigenvalue weighted by Gasteiger charge is -2.35. The van der Waals surface area contributed by atoms with Gasteiger partial charge in [0.1, 0.15) is 5.82 Å². The van der Waals surface area contributed by atoms with Crippen molar-refractivity contribution in [2.24, 2.45) is 0 Å².